The molecule has 3 aromatic heterocycles. The molecule has 0 aliphatic heterocycles. The van der Waals surface area contributed by atoms with Crippen molar-refractivity contribution in [2.75, 3.05) is 0 Å². The molecule has 0 saturated carbocycles. The highest BCUT2D eigenvalue weighted by Gasteiger charge is 2.16. The Morgan fingerprint density at radius 2 is 1.70 bits per heavy atom. The minimum absolute atomic E-state index is 0.571. The molecule has 5 rings (SSSR count). The molecule has 0 atom stereocenters. The third-order valence-electron chi connectivity index (χ3n) is 4.06. The van der Waals surface area contributed by atoms with Crippen LogP contribution in [-0.4, -0.2) is 30.2 Å². The van der Waals surface area contributed by atoms with Gasteiger partial charge in [0.1, 0.15) is 0 Å². The molecule has 0 amide bonds. The molecule has 5 aromatic rings. The molecule has 0 aliphatic rings. The fourth-order valence-corrected chi connectivity index (χ4v) is 3.02. The average molecular weight is 300 g/mol. The average Bonchev–Trinajstić information content (AvgIpc) is 3.01. The highest BCUT2D eigenvalue weighted by molar-refractivity contribution is 6.14. The van der Waals surface area contributed by atoms with Gasteiger partial charge in [-0.05, 0) is 11.6 Å². The van der Waals surface area contributed by atoms with Crippen LogP contribution in [0.25, 0.3) is 33.1 Å². The van der Waals surface area contributed by atoms with E-state index in [1.165, 1.54) is 5.56 Å². The van der Waals surface area contributed by atoms with Gasteiger partial charge in [-0.2, -0.15) is 0 Å². The van der Waals surface area contributed by atoms with Gasteiger partial charge >= 0.3 is 0 Å². The second-order valence-corrected chi connectivity index (χ2v) is 5.50. The molecule has 0 aliphatic carbocycles. The summed E-state index contributed by atoms with van der Waals surface area (Å²) in [5, 5.41) is 18.9. The lowest BCUT2D eigenvalue weighted by molar-refractivity contribution is 0.647. The number of nitrogens with zero attached hydrogens (tertiary/aromatic N) is 5. The van der Waals surface area contributed by atoms with Crippen LogP contribution < -0.4 is 0 Å². The lowest BCUT2D eigenvalue weighted by Gasteiger charge is -2.11. The quantitative estimate of drug-likeness (QED) is 0.509. The summed E-state index contributed by atoms with van der Waals surface area (Å²) < 4.78 is 1.92. The molecule has 0 saturated heterocycles. The van der Waals surface area contributed by atoms with Crippen LogP contribution in [-0.2, 0) is 6.54 Å². The molecule has 0 radical (unpaired) electrons. The standard InChI is InChI=1S/C17H12N6/c1-2-6-11(7-3-1)10-23-15-12-8-4-5-9-13(12)18-16-14(15)17(20-19-16)21-22-23/h1-9H,10H2,(H,18,19,20). The fraction of sp³-hybridized carbons (Fsp3) is 0.0588. The van der Waals surface area contributed by atoms with Crippen LogP contribution in [0, 0.1) is 0 Å². The fourth-order valence-electron chi connectivity index (χ4n) is 3.02. The Balaban J connectivity index is 1.89. The molecule has 0 bridgehead atoms. The van der Waals surface area contributed by atoms with Crippen LogP contribution in [0.1, 0.15) is 5.56 Å². The summed E-state index contributed by atoms with van der Waals surface area (Å²) in [6, 6.07) is 18.4. The Kier molecular flexibility index (Phi) is 2.46. The number of pyridine rings is 1. The number of hydrogen-bond donors (Lipinski definition) is 1. The van der Waals surface area contributed by atoms with Crippen LogP contribution in [0.4, 0.5) is 0 Å². The van der Waals surface area contributed by atoms with Crippen LogP contribution in [0.3, 0.4) is 0 Å². The third kappa shape index (κ3) is 1.81. The molecule has 6 nitrogen and oxygen atoms in total. The van der Waals surface area contributed by atoms with Crippen molar-refractivity contribution in [1.29, 1.82) is 0 Å². The summed E-state index contributed by atoms with van der Waals surface area (Å²) in [6.07, 6.45) is 0. The number of para-hydroxylation sites is 1. The maximum Gasteiger partial charge on any atom is 0.211 e. The molecule has 3 heterocycles. The third-order valence-corrected chi connectivity index (χ3v) is 4.06. The Labute approximate surface area is 130 Å². The second-order valence-electron chi connectivity index (χ2n) is 5.50. The maximum absolute atomic E-state index is 4.36. The van der Waals surface area contributed by atoms with E-state index in [0.29, 0.717) is 12.2 Å². The number of aromatic nitrogens is 6. The van der Waals surface area contributed by atoms with Gasteiger partial charge in [0.25, 0.3) is 0 Å². The van der Waals surface area contributed by atoms with Gasteiger partial charge in [-0.3, -0.25) is 0 Å². The van der Waals surface area contributed by atoms with Crippen molar-refractivity contribution in [3.63, 3.8) is 0 Å². The van der Waals surface area contributed by atoms with Gasteiger partial charge in [-0.15, -0.1) is 15.3 Å². The lowest BCUT2D eigenvalue weighted by Crippen LogP contribution is -2.09. The van der Waals surface area contributed by atoms with Gasteiger partial charge < -0.3 is 4.98 Å². The van der Waals surface area contributed by atoms with Crippen LogP contribution in [0.2, 0.25) is 0 Å². The number of benzene rings is 2. The topological polar surface area (TPSA) is 72.3 Å². The van der Waals surface area contributed by atoms with Crippen LogP contribution >= 0.6 is 0 Å². The van der Waals surface area contributed by atoms with Gasteiger partial charge in [0.15, 0.2) is 5.65 Å². The first-order valence-electron chi connectivity index (χ1n) is 7.40. The number of hydrogen-bond acceptors (Lipinski definition) is 4. The molecular weight excluding hydrogens is 288 g/mol. The highest BCUT2D eigenvalue weighted by Crippen LogP contribution is 2.28. The van der Waals surface area contributed by atoms with E-state index in [9.17, 15) is 0 Å². The molecule has 0 unspecified atom stereocenters. The highest BCUT2D eigenvalue weighted by atomic mass is 15.4. The van der Waals surface area contributed by atoms with Crippen molar-refractivity contribution in [3.05, 3.63) is 60.2 Å². The predicted molar refractivity (Wildman–Crippen MR) is 88.0 cm³/mol. The molecular formula is C17H12N6. The van der Waals surface area contributed by atoms with E-state index >= 15 is 0 Å². The van der Waals surface area contributed by atoms with Gasteiger partial charge in [-0.1, -0.05) is 53.7 Å². The molecule has 2 aromatic carbocycles. The first kappa shape index (κ1) is 12.3. The number of aromatic amines is 1. The summed E-state index contributed by atoms with van der Waals surface area (Å²) in [6.45, 7) is 0.651. The number of fused-ring (bicyclic) bond motifs is 2. The SMILES string of the molecule is c1ccc(Cn2nnc3nnc4[nH]c5ccccc5c2c34)cc1. The van der Waals surface area contributed by atoms with E-state index in [2.05, 4.69) is 43.7 Å². The van der Waals surface area contributed by atoms with Crippen LogP contribution in [0.15, 0.2) is 54.6 Å². The Morgan fingerprint density at radius 1 is 0.870 bits per heavy atom. The van der Waals surface area contributed by atoms with Crippen molar-refractivity contribution in [3.8, 4) is 0 Å². The summed E-state index contributed by atoms with van der Waals surface area (Å²) >= 11 is 0. The van der Waals surface area contributed by atoms with Gasteiger partial charge in [0.05, 0.1) is 17.4 Å². The summed E-state index contributed by atoms with van der Waals surface area (Å²) in [4.78, 5) is 3.32. The van der Waals surface area contributed by atoms with E-state index in [0.717, 1.165) is 27.5 Å². The van der Waals surface area contributed by atoms with Crippen LogP contribution in [0.5, 0.6) is 0 Å². The second kappa shape index (κ2) is 4.61. The molecule has 23 heavy (non-hydrogen) atoms. The van der Waals surface area contributed by atoms with Gasteiger partial charge in [0.2, 0.25) is 5.65 Å². The Morgan fingerprint density at radius 3 is 2.61 bits per heavy atom. The number of rotatable bonds is 2. The summed E-state index contributed by atoms with van der Waals surface area (Å²) in [7, 11) is 0. The minimum atomic E-state index is 0.571. The smallest absolute Gasteiger partial charge is 0.211 e. The van der Waals surface area contributed by atoms with Crippen molar-refractivity contribution in [2.45, 2.75) is 6.54 Å². The lowest BCUT2D eigenvalue weighted by atomic mass is 10.1. The zero-order valence-electron chi connectivity index (χ0n) is 12.1. The molecule has 0 spiro atoms. The number of nitrogens with one attached hydrogen (secondary N) is 1. The molecule has 0 fully saturated rings. The van der Waals surface area contributed by atoms with Crippen molar-refractivity contribution >= 4 is 33.1 Å². The van der Waals surface area contributed by atoms with Crippen molar-refractivity contribution in [2.24, 2.45) is 0 Å². The molecule has 6 heteroatoms. The van der Waals surface area contributed by atoms with E-state index in [1.807, 2.05) is 41.1 Å². The Hall–Kier alpha value is -3.28. The van der Waals surface area contributed by atoms with E-state index < -0.39 is 0 Å². The largest absolute Gasteiger partial charge is 0.337 e. The zero-order valence-corrected chi connectivity index (χ0v) is 12.1. The van der Waals surface area contributed by atoms with E-state index in [-0.39, 0.29) is 0 Å². The van der Waals surface area contributed by atoms with Crippen molar-refractivity contribution in [1.82, 2.24) is 30.2 Å². The maximum atomic E-state index is 4.36. The molecule has 1 N–H and O–H groups in total. The zero-order chi connectivity index (χ0) is 15.2. The number of H-pyrrole nitrogens is 1. The predicted octanol–water partition coefficient (Wildman–Crippen LogP) is 2.90. The van der Waals surface area contributed by atoms with Gasteiger partial charge in [0, 0.05) is 10.9 Å². The van der Waals surface area contributed by atoms with E-state index in [1.54, 1.807) is 0 Å². The normalized spacial score (nSPS) is 11.7. The first-order chi connectivity index (χ1) is 11.4. The molecule has 110 valence electrons. The summed E-state index contributed by atoms with van der Waals surface area (Å²) in [5.74, 6) is 0. The van der Waals surface area contributed by atoms with E-state index in [4.69, 9.17) is 0 Å². The monoisotopic (exact) mass is 300 g/mol. The van der Waals surface area contributed by atoms with Crippen molar-refractivity contribution < 1.29 is 0 Å². The van der Waals surface area contributed by atoms with Gasteiger partial charge in [-0.25, -0.2) is 4.68 Å². The first-order valence-corrected chi connectivity index (χ1v) is 7.40. The summed E-state index contributed by atoms with van der Waals surface area (Å²) in [5.41, 5.74) is 4.50. The minimum Gasteiger partial charge on any atom is -0.337 e. The Bertz CT molecular complexity index is 1140.